The molecule has 0 saturated carbocycles. The largest absolute Gasteiger partial charge is 0.304 e. The number of rotatable bonds is 1. The molecule has 0 aliphatic heterocycles. The summed E-state index contributed by atoms with van der Waals surface area (Å²) in [6.07, 6.45) is 1.85. The first-order chi connectivity index (χ1) is 6.79. The molecule has 0 aliphatic carbocycles. The molecule has 0 atom stereocenters. The third-order valence-corrected chi connectivity index (χ3v) is 2.44. The molecule has 1 aromatic carbocycles. The van der Waals surface area contributed by atoms with Crippen molar-refractivity contribution in [3.05, 3.63) is 53.7 Å². The van der Waals surface area contributed by atoms with Crippen molar-refractivity contribution in [2.75, 3.05) is 0 Å². The molecular weight excluding hydrogens is 362 g/mol. The zero-order valence-corrected chi connectivity index (χ0v) is 11.1. The van der Waals surface area contributed by atoms with Gasteiger partial charge in [0, 0.05) is 26.3 Å². The minimum Gasteiger partial charge on any atom is -0.304 e. The zero-order chi connectivity index (χ0) is 9.97. The average Bonchev–Trinajstić information content (AvgIpc) is 2.23. The Labute approximate surface area is 104 Å². The molecule has 0 amide bonds. The summed E-state index contributed by atoms with van der Waals surface area (Å²) < 4.78 is 0. The predicted molar refractivity (Wildman–Crippen MR) is 58.0 cm³/mol. The molecule has 0 saturated heterocycles. The van der Waals surface area contributed by atoms with E-state index in [1.165, 1.54) is 11.1 Å². The fourth-order valence-corrected chi connectivity index (χ4v) is 1.44. The van der Waals surface area contributed by atoms with Gasteiger partial charge in [0.05, 0.1) is 0 Å². The van der Waals surface area contributed by atoms with Crippen molar-refractivity contribution in [3.8, 4) is 11.3 Å². The van der Waals surface area contributed by atoms with Crippen LogP contribution in [0.15, 0.2) is 36.5 Å². The van der Waals surface area contributed by atoms with Crippen LogP contribution in [0.5, 0.6) is 0 Å². The molecule has 15 heavy (non-hydrogen) atoms. The molecule has 0 unspecified atom stereocenters. The van der Waals surface area contributed by atoms with Crippen LogP contribution in [0.25, 0.3) is 11.3 Å². The number of aryl methyl sites for hydroxylation is 1. The molecule has 1 radical (unpaired) electrons. The van der Waals surface area contributed by atoms with Gasteiger partial charge in [-0.3, -0.25) is 0 Å². The maximum Gasteiger partial charge on any atom is 0.0163 e. The van der Waals surface area contributed by atoms with E-state index in [-0.39, 0.29) is 20.1 Å². The average molecular weight is 374 g/mol. The Balaban J connectivity index is 0.00000112. The van der Waals surface area contributed by atoms with Crippen molar-refractivity contribution in [1.82, 2.24) is 4.98 Å². The Morgan fingerprint density at radius 2 is 1.93 bits per heavy atom. The monoisotopic (exact) mass is 375 g/mol. The van der Waals surface area contributed by atoms with Crippen LogP contribution in [0.1, 0.15) is 11.1 Å². The molecular formula is C13H12IrN-. The standard InChI is InChI=1S/C13H12N.Ir/c1-10-8-9-14-13(11(10)2)12-6-4-3-5-7-12;/h3-6,8-9H,1-2H3;/q-1;. The van der Waals surface area contributed by atoms with E-state index in [2.05, 4.69) is 24.9 Å². The summed E-state index contributed by atoms with van der Waals surface area (Å²) in [5, 5.41) is 0. The number of hydrogen-bond donors (Lipinski definition) is 0. The van der Waals surface area contributed by atoms with E-state index >= 15 is 0 Å². The minimum absolute atomic E-state index is 0. The molecule has 1 aromatic heterocycles. The molecule has 0 spiro atoms. The first-order valence-electron chi connectivity index (χ1n) is 4.68. The summed E-state index contributed by atoms with van der Waals surface area (Å²) in [5.41, 5.74) is 4.60. The topological polar surface area (TPSA) is 12.9 Å². The molecule has 2 rings (SSSR count). The van der Waals surface area contributed by atoms with Crippen molar-refractivity contribution in [2.45, 2.75) is 13.8 Å². The first kappa shape index (κ1) is 12.1. The van der Waals surface area contributed by atoms with Crippen molar-refractivity contribution < 1.29 is 20.1 Å². The van der Waals surface area contributed by atoms with E-state index < -0.39 is 0 Å². The summed E-state index contributed by atoms with van der Waals surface area (Å²) in [4.78, 5) is 4.38. The van der Waals surface area contributed by atoms with Crippen LogP contribution in [0.2, 0.25) is 0 Å². The van der Waals surface area contributed by atoms with Gasteiger partial charge in [-0.05, 0) is 25.6 Å². The molecule has 0 aliphatic rings. The van der Waals surface area contributed by atoms with Gasteiger partial charge >= 0.3 is 0 Å². The SMILES string of the molecule is Cc1ccnc(-c2[c-]cccc2)c1C.[Ir]. The van der Waals surface area contributed by atoms with Gasteiger partial charge in [-0.1, -0.05) is 11.1 Å². The second-order valence-corrected chi connectivity index (χ2v) is 3.38. The van der Waals surface area contributed by atoms with Crippen LogP contribution in [-0.4, -0.2) is 4.98 Å². The Morgan fingerprint density at radius 1 is 1.13 bits per heavy atom. The van der Waals surface area contributed by atoms with Crippen molar-refractivity contribution in [3.63, 3.8) is 0 Å². The van der Waals surface area contributed by atoms with E-state index in [0.717, 1.165) is 11.3 Å². The fourth-order valence-electron chi connectivity index (χ4n) is 1.44. The number of hydrogen-bond acceptors (Lipinski definition) is 1. The normalized spacial score (nSPS) is 9.47. The maximum atomic E-state index is 4.38. The van der Waals surface area contributed by atoms with Gasteiger partial charge in [0.15, 0.2) is 0 Å². The van der Waals surface area contributed by atoms with E-state index in [0.29, 0.717) is 0 Å². The quantitative estimate of drug-likeness (QED) is 0.699. The van der Waals surface area contributed by atoms with Crippen LogP contribution in [0, 0.1) is 19.9 Å². The summed E-state index contributed by atoms with van der Waals surface area (Å²) in [6.45, 7) is 4.20. The maximum absolute atomic E-state index is 4.38. The molecule has 2 heteroatoms. The fraction of sp³-hybridized carbons (Fsp3) is 0.154. The third-order valence-electron chi connectivity index (χ3n) is 2.44. The second-order valence-electron chi connectivity index (χ2n) is 3.38. The van der Waals surface area contributed by atoms with Gasteiger partial charge in [0.2, 0.25) is 0 Å². The number of pyridine rings is 1. The molecule has 2 aromatic rings. The zero-order valence-electron chi connectivity index (χ0n) is 8.74. The smallest absolute Gasteiger partial charge is 0.0163 e. The molecule has 0 N–H and O–H groups in total. The molecule has 1 nitrogen and oxygen atoms in total. The summed E-state index contributed by atoms with van der Waals surface area (Å²) in [6, 6.07) is 13.1. The van der Waals surface area contributed by atoms with E-state index in [1.807, 2.05) is 36.5 Å². The van der Waals surface area contributed by atoms with Gasteiger partial charge in [-0.25, -0.2) is 0 Å². The van der Waals surface area contributed by atoms with Crippen molar-refractivity contribution in [1.29, 1.82) is 0 Å². The third kappa shape index (κ3) is 2.53. The molecule has 0 bridgehead atoms. The van der Waals surface area contributed by atoms with Gasteiger partial charge in [0.25, 0.3) is 0 Å². The molecule has 79 valence electrons. The van der Waals surface area contributed by atoms with E-state index in [9.17, 15) is 0 Å². The van der Waals surface area contributed by atoms with Gasteiger partial charge < -0.3 is 4.98 Å². The Hall–Kier alpha value is -0.981. The first-order valence-corrected chi connectivity index (χ1v) is 4.68. The van der Waals surface area contributed by atoms with Crippen LogP contribution >= 0.6 is 0 Å². The minimum atomic E-state index is 0. The molecule has 1 heterocycles. The van der Waals surface area contributed by atoms with Crippen molar-refractivity contribution in [2.24, 2.45) is 0 Å². The van der Waals surface area contributed by atoms with E-state index in [1.54, 1.807) is 0 Å². The Bertz CT molecular complexity index is 438. The summed E-state index contributed by atoms with van der Waals surface area (Å²) >= 11 is 0. The van der Waals surface area contributed by atoms with Crippen molar-refractivity contribution >= 4 is 0 Å². The van der Waals surface area contributed by atoms with Gasteiger partial charge in [0.1, 0.15) is 0 Å². The van der Waals surface area contributed by atoms with Crippen LogP contribution < -0.4 is 0 Å². The van der Waals surface area contributed by atoms with Crippen LogP contribution in [0.4, 0.5) is 0 Å². The predicted octanol–water partition coefficient (Wildman–Crippen LogP) is 3.16. The summed E-state index contributed by atoms with van der Waals surface area (Å²) in [5.74, 6) is 0. The van der Waals surface area contributed by atoms with Crippen LogP contribution in [-0.2, 0) is 20.1 Å². The van der Waals surface area contributed by atoms with Gasteiger partial charge in [-0.2, -0.15) is 0 Å². The number of benzene rings is 1. The Kier molecular flexibility index (Phi) is 4.19. The van der Waals surface area contributed by atoms with Gasteiger partial charge in [-0.15, -0.1) is 35.9 Å². The number of nitrogens with zero attached hydrogens (tertiary/aromatic N) is 1. The Morgan fingerprint density at radius 3 is 2.60 bits per heavy atom. The summed E-state index contributed by atoms with van der Waals surface area (Å²) in [7, 11) is 0. The van der Waals surface area contributed by atoms with E-state index in [4.69, 9.17) is 0 Å². The molecule has 0 fully saturated rings. The number of aromatic nitrogens is 1. The van der Waals surface area contributed by atoms with Crippen LogP contribution in [0.3, 0.4) is 0 Å². The second kappa shape index (κ2) is 5.20.